The van der Waals surface area contributed by atoms with Gasteiger partial charge in [-0.05, 0) is 50.6 Å². The summed E-state index contributed by atoms with van der Waals surface area (Å²) < 4.78 is 3.68. The third-order valence-electron chi connectivity index (χ3n) is 4.36. The Morgan fingerprint density at radius 3 is 2.56 bits per heavy atom. The summed E-state index contributed by atoms with van der Waals surface area (Å²) in [7, 11) is 0. The van der Waals surface area contributed by atoms with Crippen molar-refractivity contribution in [1.82, 2.24) is 19.7 Å². The number of halogens is 1. The van der Waals surface area contributed by atoms with Crippen molar-refractivity contribution < 1.29 is 4.79 Å². The fourth-order valence-corrected chi connectivity index (χ4v) is 2.91. The van der Waals surface area contributed by atoms with Crippen molar-refractivity contribution in [3.05, 3.63) is 71.3 Å². The molecule has 0 saturated carbocycles. The minimum Gasteiger partial charge on any atom is -0.348 e. The lowest BCUT2D eigenvalue weighted by Gasteiger charge is -2.20. The molecule has 130 valence electrons. The van der Waals surface area contributed by atoms with Crippen LogP contribution in [0.3, 0.4) is 0 Å². The molecule has 5 nitrogen and oxygen atoms in total. The van der Waals surface area contributed by atoms with Crippen molar-refractivity contribution in [1.29, 1.82) is 0 Å². The first kappa shape index (κ1) is 17.3. The van der Waals surface area contributed by atoms with Crippen molar-refractivity contribution >= 4 is 17.5 Å². The zero-order chi connectivity index (χ0) is 18.0. The summed E-state index contributed by atoms with van der Waals surface area (Å²) in [6, 6.07) is 11.5. The van der Waals surface area contributed by atoms with Gasteiger partial charge in [0.05, 0.1) is 23.0 Å². The molecule has 0 aliphatic heterocycles. The monoisotopic (exact) mass is 356 g/mol. The molecule has 0 radical (unpaired) electrons. The molecule has 0 saturated heterocycles. The zero-order valence-electron chi connectivity index (χ0n) is 14.5. The van der Waals surface area contributed by atoms with Crippen molar-refractivity contribution in [2.24, 2.45) is 0 Å². The van der Waals surface area contributed by atoms with E-state index in [9.17, 15) is 4.79 Å². The summed E-state index contributed by atoms with van der Waals surface area (Å²) in [5.74, 6) is -0.0956. The molecule has 6 heteroatoms. The van der Waals surface area contributed by atoms with Crippen LogP contribution in [-0.2, 0) is 4.79 Å². The summed E-state index contributed by atoms with van der Waals surface area (Å²) in [6.07, 6.45) is 5.55. The molecule has 2 atom stereocenters. The molecule has 3 rings (SSSR count). The van der Waals surface area contributed by atoms with Gasteiger partial charge in [0, 0.05) is 18.1 Å². The van der Waals surface area contributed by atoms with Gasteiger partial charge in [0.15, 0.2) is 0 Å². The van der Waals surface area contributed by atoms with Crippen LogP contribution in [0.4, 0.5) is 0 Å². The van der Waals surface area contributed by atoms with Crippen LogP contribution in [0.15, 0.2) is 55.0 Å². The van der Waals surface area contributed by atoms with E-state index in [0.29, 0.717) is 5.02 Å². The Balaban J connectivity index is 1.73. The van der Waals surface area contributed by atoms with Crippen LogP contribution in [0, 0.1) is 6.92 Å². The number of carbonyl (C=O) groups is 1. The van der Waals surface area contributed by atoms with E-state index in [1.165, 1.54) is 0 Å². The normalized spacial score (nSPS) is 13.4. The fraction of sp³-hybridized carbons (Fsp3) is 0.263. The van der Waals surface area contributed by atoms with Crippen molar-refractivity contribution in [2.45, 2.75) is 32.9 Å². The summed E-state index contributed by atoms with van der Waals surface area (Å²) in [5.41, 5.74) is 2.89. The number of benzene rings is 1. The first-order chi connectivity index (χ1) is 12.0. The molecule has 0 aliphatic rings. The molecule has 0 bridgehead atoms. The first-order valence-electron chi connectivity index (χ1n) is 8.20. The van der Waals surface area contributed by atoms with Crippen LogP contribution in [0.5, 0.6) is 0 Å². The number of hydrogen-bond donors (Lipinski definition) is 1. The Bertz CT molecular complexity index is 869. The van der Waals surface area contributed by atoms with Gasteiger partial charge in [0.2, 0.25) is 5.91 Å². The quantitative estimate of drug-likeness (QED) is 0.749. The summed E-state index contributed by atoms with van der Waals surface area (Å²) >= 11 is 6.03. The van der Waals surface area contributed by atoms with Crippen molar-refractivity contribution in [3.63, 3.8) is 0 Å². The lowest BCUT2D eigenvalue weighted by atomic mass is 10.1. The highest BCUT2D eigenvalue weighted by Crippen LogP contribution is 2.20. The molecule has 0 spiro atoms. The molecule has 0 aliphatic carbocycles. The van der Waals surface area contributed by atoms with Crippen molar-refractivity contribution in [2.75, 3.05) is 0 Å². The van der Waals surface area contributed by atoms with Gasteiger partial charge in [0.1, 0.15) is 6.04 Å². The second kappa shape index (κ2) is 7.15. The van der Waals surface area contributed by atoms with E-state index in [-0.39, 0.29) is 11.9 Å². The summed E-state index contributed by atoms with van der Waals surface area (Å²) in [6.45, 7) is 5.64. The molecule has 3 aromatic rings. The van der Waals surface area contributed by atoms with Gasteiger partial charge in [-0.3, -0.25) is 9.48 Å². The maximum atomic E-state index is 12.6. The topological polar surface area (TPSA) is 51.9 Å². The average molecular weight is 357 g/mol. The molecule has 2 heterocycles. The third kappa shape index (κ3) is 3.61. The molecule has 2 unspecified atom stereocenters. The van der Waals surface area contributed by atoms with Crippen LogP contribution in [0.1, 0.15) is 37.2 Å². The van der Waals surface area contributed by atoms with E-state index in [1.54, 1.807) is 10.9 Å². The molecule has 0 fully saturated rings. The fourth-order valence-electron chi connectivity index (χ4n) is 2.78. The van der Waals surface area contributed by atoms with Gasteiger partial charge in [-0.1, -0.05) is 23.7 Å². The Kier molecular flexibility index (Phi) is 4.95. The molecule has 1 aromatic carbocycles. The van der Waals surface area contributed by atoms with E-state index in [4.69, 9.17) is 11.6 Å². The summed E-state index contributed by atoms with van der Waals surface area (Å²) in [4.78, 5) is 12.6. The SMILES string of the molecule is Cc1c(Cl)cnn1C(C)C(=O)NC(C)c1cccc(-n2cccc2)c1. The lowest BCUT2D eigenvalue weighted by molar-refractivity contribution is -0.124. The first-order valence-corrected chi connectivity index (χ1v) is 8.58. The van der Waals surface area contributed by atoms with Gasteiger partial charge in [-0.2, -0.15) is 5.10 Å². The van der Waals surface area contributed by atoms with Crippen LogP contribution in [0.25, 0.3) is 5.69 Å². The largest absolute Gasteiger partial charge is 0.348 e. The average Bonchev–Trinajstić information content (AvgIpc) is 3.25. The Labute approximate surface area is 152 Å². The van der Waals surface area contributed by atoms with Crippen LogP contribution in [-0.4, -0.2) is 20.3 Å². The van der Waals surface area contributed by atoms with Crippen LogP contribution < -0.4 is 5.32 Å². The highest BCUT2D eigenvalue weighted by atomic mass is 35.5. The Morgan fingerprint density at radius 1 is 1.20 bits per heavy atom. The maximum Gasteiger partial charge on any atom is 0.245 e. The van der Waals surface area contributed by atoms with Gasteiger partial charge >= 0.3 is 0 Å². The highest BCUT2D eigenvalue weighted by Gasteiger charge is 2.20. The molecule has 1 N–H and O–H groups in total. The lowest BCUT2D eigenvalue weighted by Crippen LogP contribution is -2.33. The van der Waals surface area contributed by atoms with E-state index in [2.05, 4.69) is 16.5 Å². The maximum absolute atomic E-state index is 12.6. The van der Waals surface area contributed by atoms with Gasteiger partial charge in [0.25, 0.3) is 0 Å². The number of carbonyl (C=O) groups excluding carboxylic acids is 1. The highest BCUT2D eigenvalue weighted by molar-refractivity contribution is 6.31. The van der Waals surface area contributed by atoms with Gasteiger partial charge in [-0.15, -0.1) is 0 Å². The summed E-state index contributed by atoms with van der Waals surface area (Å²) in [5, 5.41) is 7.80. The molecule has 25 heavy (non-hydrogen) atoms. The molecule has 1 amide bonds. The number of rotatable bonds is 5. The molecular formula is C19H21ClN4O. The number of aromatic nitrogens is 3. The minimum absolute atomic E-state index is 0.0956. The second-order valence-electron chi connectivity index (χ2n) is 6.11. The van der Waals surface area contributed by atoms with Crippen LogP contribution >= 0.6 is 11.6 Å². The van der Waals surface area contributed by atoms with Gasteiger partial charge in [-0.25, -0.2) is 0 Å². The standard InChI is InChI=1S/C19H21ClN4O/c1-13(16-7-6-8-17(11-16)23-9-4-5-10-23)22-19(25)15(3)24-14(2)18(20)12-21-24/h4-13,15H,1-3H3,(H,22,25). The van der Waals surface area contributed by atoms with E-state index < -0.39 is 6.04 Å². The minimum atomic E-state index is -0.428. The Morgan fingerprint density at radius 2 is 1.92 bits per heavy atom. The van der Waals surface area contributed by atoms with Crippen LogP contribution in [0.2, 0.25) is 5.02 Å². The Hall–Kier alpha value is -2.53. The second-order valence-corrected chi connectivity index (χ2v) is 6.52. The molecular weight excluding hydrogens is 336 g/mol. The third-order valence-corrected chi connectivity index (χ3v) is 4.73. The predicted molar refractivity (Wildman–Crippen MR) is 99.0 cm³/mol. The van der Waals surface area contributed by atoms with Gasteiger partial charge < -0.3 is 9.88 Å². The zero-order valence-corrected chi connectivity index (χ0v) is 15.2. The number of hydrogen-bond acceptors (Lipinski definition) is 2. The van der Waals surface area contributed by atoms with E-state index >= 15 is 0 Å². The van der Waals surface area contributed by atoms with E-state index in [0.717, 1.165) is 16.9 Å². The smallest absolute Gasteiger partial charge is 0.245 e. The number of nitrogens with zero attached hydrogens (tertiary/aromatic N) is 3. The van der Waals surface area contributed by atoms with E-state index in [1.807, 2.05) is 68.1 Å². The number of nitrogens with one attached hydrogen (secondary N) is 1. The molecule has 2 aromatic heterocycles. The van der Waals surface area contributed by atoms with Crippen molar-refractivity contribution in [3.8, 4) is 5.69 Å². The number of amides is 1. The predicted octanol–water partition coefficient (Wildman–Crippen LogP) is 4.07.